The Morgan fingerprint density at radius 2 is 1.72 bits per heavy atom. The van der Waals surface area contributed by atoms with E-state index in [0.717, 1.165) is 5.56 Å². The van der Waals surface area contributed by atoms with Crippen LogP contribution in [0, 0.1) is 0 Å². The molecule has 2 rings (SSSR count). The maximum absolute atomic E-state index is 12.3. The van der Waals surface area contributed by atoms with Crippen molar-refractivity contribution in [2.24, 2.45) is 5.10 Å². The van der Waals surface area contributed by atoms with Crippen LogP contribution in [-0.2, 0) is 21.3 Å². The molecule has 0 heterocycles. The molecule has 0 aromatic heterocycles. The van der Waals surface area contributed by atoms with Crippen molar-refractivity contribution in [3.05, 3.63) is 65.7 Å². The van der Waals surface area contributed by atoms with Gasteiger partial charge in [0.15, 0.2) is 0 Å². The Balaban J connectivity index is 2.06. The molecule has 0 aliphatic rings. The van der Waals surface area contributed by atoms with Crippen molar-refractivity contribution in [3.63, 3.8) is 0 Å². The molecule has 0 atom stereocenters. The quantitative estimate of drug-likeness (QED) is 0.609. The molecule has 2 aromatic rings. The lowest BCUT2D eigenvalue weighted by atomic mass is 10.1. The third kappa shape index (κ3) is 5.40. The van der Waals surface area contributed by atoms with E-state index in [1.165, 1.54) is 19.2 Å². The molecule has 1 amide bonds. The van der Waals surface area contributed by atoms with E-state index in [4.69, 9.17) is 0 Å². The number of sulfonamides is 1. The van der Waals surface area contributed by atoms with Crippen molar-refractivity contribution in [3.8, 4) is 0 Å². The smallest absolute Gasteiger partial charge is 0.427 e. The molecule has 0 unspecified atom stereocenters. The fourth-order valence-corrected chi connectivity index (χ4v) is 2.99. The highest BCUT2D eigenvalue weighted by atomic mass is 32.2. The summed E-state index contributed by atoms with van der Waals surface area (Å²) in [6.45, 7) is 1.90. The van der Waals surface area contributed by atoms with Gasteiger partial charge in [-0.05, 0) is 30.2 Å². The Morgan fingerprint density at radius 1 is 1.08 bits per heavy atom. The summed E-state index contributed by atoms with van der Waals surface area (Å²) in [5.74, 6) is 0. The number of nitrogens with zero attached hydrogens (tertiary/aromatic N) is 1. The maximum atomic E-state index is 12.3. The fourth-order valence-electron chi connectivity index (χ4n) is 1.97. The van der Waals surface area contributed by atoms with Crippen molar-refractivity contribution >= 4 is 21.8 Å². The van der Waals surface area contributed by atoms with Crippen LogP contribution in [0.25, 0.3) is 0 Å². The van der Waals surface area contributed by atoms with Crippen LogP contribution >= 0.6 is 0 Å². The predicted molar refractivity (Wildman–Crippen MR) is 94.7 cm³/mol. The van der Waals surface area contributed by atoms with Gasteiger partial charge in [-0.3, -0.25) is 0 Å². The summed E-state index contributed by atoms with van der Waals surface area (Å²) < 4.78 is 31.6. The lowest BCUT2D eigenvalue weighted by Gasteiger charge is -2.08. The zero-order valence-electron chi connectivity index (χ0n) is 13.9. The molecule has 132 valence electrons. The van der Waals surface area contributed by atoms with E-state index in [1.54, 1.807) is 19.1 Å². The molecule has 25 heavy (non-hydrogen) atoms. The Hall–Kier alpha value is -2.71. The molecule has 2 N–H and O–H groups in total. The van der Waals surface area contributed by atoms with Crippen molar-refractivity contribution in [2.75, 3.05) is 7.11 Å². The first-order chi connectivity index (χ1) is 11.9. The average molecular weight is 361 g/mol. The van der Waals surface area contributed by atoms with Crippen LogP contribution in [0.2, 0.25) is 0 Å². The molecule has 0 bridgehead atoms. The second-order valence-corrected chi connectivity index (χ2v) is 6.90. The van der Waals surface area contributed by atoms with Gasteiger partial charge in [-0.25, -0.2) is 23.4 Å². The first kappa shape index (κ1) is 18.6. The van der Waals surface area contributed by atoms with Crippen LogP contribution in [0.3, 0.4) is 0 Å². The molecule has 0 radical (unpaired) electrons. The maximum Gasteiger partial charge on any atom is 0.427 e. The number of carbonyl (C=O) groups is 1. The summed E-state index contributed by atoms with van der Waals surface area (Å²) in [4.78, 5) is 11.1. The summed E-state index contributed by atoms with van der Waals surface area (Å²) >= 11 is 0. The van der Waals surface area contributed by atoms with Gasteiger partial charge in [-0.2, -0.15) is 5.10 Å². The monoisotopic (exact) mass is 361 g/mol. The number of methoxy groups -OCH3 is 1. The SMILES string of the molecule is COC(=O)N/N=C(/C)c1ccc(S(=O)(=O)NCc2ccccc2)cc1. The van der Waals surface area contributed by atoms with Gasteiger partial charge in [0.25, 0.3) is 0 Å². The number of rotatable bonds is 6. The van der Waals surface area contributed by atoms with Crippen LogP contribution in [0.15, 0.2) is 64.6 Å². The number of hydrogen-bond donors (Lipinski definition) is 2. The summed E-state index contributed by atoms with van der Waals surface area (Å²) in [5, 5.41) is 3.86. The summed E-state index contributed by atoms with van der Waals surface area (Å²) in [7, 11) is -2.37. The lowest BCUT2D eigenvalue weighted by Crippen LogP contribution is -2.23. The minimum atomic E-state index is -3.61. The minimum Gasteiger partial charge on any atom is -0.452 e. The van der Waals surface area contributed by atoms with Crippen molar-refractivity contribution in [1.29, 1.82) is 0 Å². The summed E-state index contributed by atoms with van der Waals surface area (Å²) in [6.07, 6.45) is -0.677. The van der Waals surface area contributed by atoms with Crippen molar-refractivity contribution < 1.29 is 17.9 Å². The van der Waals surface area contributed by atoms with E-state index in [-0.39, 0.29) is 11.4 Å². The molecular formula is C17H19N3O4S. The van der Waals surface area contributed by atoms with Gasteiger partial charge in [-0.1, -0.05) is 42.5 Å². The van der Waals surface area contributed by atoms with Crippen LogP contribution < -0.4 is 10.1 Å². The van der Waals surface area contributed by atoms with Crippen molar-refractivity contribution in [1.82, 2.24) is 10.1 Å². The van der Waals surface area contributed by atoms with Gasteiger partial charge >= 0.3 is 6.09 Å². The van der Waals surface area contributed by atoms with Gasteiger partial charge in [0, 0.05) is 6.54 Å². The number of ether oxygens (including phenoxy) is 1. The molecule has 0 aliphatic heterocycles. The summed E-state index contributed by atoms with van der Waals surface area (Å²) in [6, 6.07) is 15.5. The lowest BCUT2D eigenvalue weighted by molar-refractivity contribution is 0.171. The first-order valence-corrected chi connectivity index (χ1v) is 8.93. The molecule has 0 saturated heterocycles. The topological polar surface area (TPSA) is 96.9 Å². The number of hydrogen-bond acceptors (Lipinski definition) is 5. The zero-order chi connectivity index (χ0) is 18.3. The van der Waals surface area contributed by atoms with Crippen LogP contribution in [0.5, 0.6) is 0 Å². The molecule has 0 fully saturated rings. The molecule has 2 aromatic carbocycles. The highest BCUT2D eigenvalue weighted by Crippen LogP contribution is 2.12. The highest BCUT2D eigenvalue weighted by Gasteiger charge is 2.13. The number of amides is 1. The minimum absolute atomic E-state index is 0.154. The Labute approximate surface area is 146 Å². The van der Waals surface area contributed by atoms with Gasteiger partial charge in [-0.15, -0.1) is 0 Å². The van der Waals surface area contributed by atoms with Crippen LogP contribution in [0.4, 0.5) is 4.79 Å². The molecule has 0 aliphatic carbocycles. The number of nitrogens with one attached hydrogen (secondary N) is 2. The third-order valence-corrected chi connectivity index (χ3v) is 4.81. The average Bonchev–Trinajstić information content (AvgIpc) is 2.65. The van der Waals surface area contributed by atoms with Gasteiger partial charge in [0.1, 0.15) is 0 Å². The van der Waals surface area contributed by atoms with E-state index in [9.17, 15) is 13.2 Å². The second-order valence-electron chi connectivity index (χ2n) is 5.14. The predicted octanol–water partition coefficient (Wildman–Crippen LogP) is 2.25. The van der Waals surface area contributed by atoms with E-state index in [0.29, 0.717) is 11.3 Å². The standard InChI is InChI=1S/C17H19N3O4S/c1-13(19-20-17(21)24-2)15-8-10-16(11-9-15)25(22,23)18-12-14-6-4-3-5-7-14/h3-11,18H,12H2,1-2H3,(H,20,21)/b19-13-. The molecule has 0 saturated carbocycles. The zero-order valence-corrected chi connectivity index (χ0v) is 14.7. The van der Waals surface area contributed by atoms with E-state index >= 15 is 0 Å². The summed E-state index contributed by atoms with van der Waals surface area (Å²) in [5.41, 5.74) is 4.28. The van der Waals surface area contributed by atoms with Gasteiger partial charge in [0.2, 0.25) is 10.0 Å². The molecule has 0 spiro atoms. The van der Waals surface area contributed by atoms with E-state index in [1.807, 2.05) is 30.3 Å². The van der Waals surface area contributed by atoms with E-state index < -0.39 is 16.1 Å². The van der Waals surface area contributed by atoms with Crippen LogP contribution in [0.1, 0.15) is 18.1 Å². The third-order valence-electron chi connectivity index (χ3n) is 3.39. The van der Waals surface area contributed by atoms with E-state index in [2.05, 4.69) is 20.0 Å². The molecular weight excluding hydrogens is 342 g/mol. The van der Waals surface area contributed by atoms with Gasteiger partial charge in [0.05, 0.1) is 17.7 Å². The molecule has 7 nitrogen and oxygen atoms in total. The number of hydrazone groups is 1. The first-order valence-electron chi connectivity index (χ1n) is 7.44. The Morgan fingerprint density at radius 3 is 2.32 bits per heavy atom. The number of carbonyl (C=O) groups excluding carboxylic acids is 1. The second kappa shape index (κ2) is 8.41. The Bertz CT molecular complexity index is 847. The highest BCUT2D eigenvalue weighted by molar-refractivity contribution is 7.89. The normalized spacial score (nSPS) is 11.8. The number of benzene rings is 2. The van der Waals surface area contributed by atoms with Gasteiger partial charge < -0.3 is 4.74 Å². The fraction of sp³-hybridized carbons (Fsp3) is 0.176. The Kier molecular flexibility index (Phi) is 6.26. The van der Waals surface area contributed by atoms with Crippen molar-refractivity contribution in [2.45, 2.75) is 18.4 Å². The molecule has 8 heteroatoms. The van der Waals surface area contributed by atoms with Crippen LogP contribution in [-0.4, -0.2) is 27.3 Å². The largest absolute Gasteiger partial charge is 0.452 e.